The summed E-state index contributed by atoms with van der Waals surface area (Å²) < 4.78 is 58.4. The zero-order valence-corrected chi connectivity index (χ0v) is 32.2. The van der Waals surface area contributed by atoms with E-state index in [1.165, 1.54) is 12.3 Å². The summed E-state index contributed by atoms with van der Waals surface area (Å²) in [5.41, 5.74) is -0.353. The van der Waals surface area contributed by atoms with Gasteiger partial charge in [-0.1, -0.05) is 41.9 Å². The molecule has 0 N–H and O–H groups in total. The minimum atomic E-state index is -0.965. The topological polar surface area (TPSA) is 111 Å². The molecule has 0 saturated carbocycles. The summed E-state index contributed by atoms with van der Waals surface area (Å²) in [6.45, 7) is 8.32. The van der Waals surface area contributed by atoms with Gasteiger partial charge >= 0.3 is 6.01 Å². The van der Waals surface area contributed by atoms with Crippen molar-refractivity contribution in [2.45, 2.75) is 69.5 Å². The minimum Gasteiger partial charge on any atom is -0.461 e. The number of hydrogen-bond acceptors (Lipinski definition) is 10. The average molecular weight is 789 g/mol. The van der Waals surface area contributed by atoms with Crippen molar-refractivity contribution in [2.75, 3.05) is 63.9 Å². The first-order valence-corrected chi connectivity index (χ1v) is 19.6. The van der Waals surface area contributed by atoms with Gasteiger partial charge in [0.2, 0.25) is 5.91 Å². The molecule has 4 fully saturated rings. The maximum atomic E-state index is 17.0. The van der Waals surface area contributed by atoms with Crippen molar-refractivity contribution in [1.82, 2.24) is 29.7 Å². The van der Waals surface area contributed by atoms with Gasteiger partial charge in [-0.25, -0.2) is 13.2 Å². The van der Waals surface area contributed by atoms with Crippen LogP contribution in [0.1, 0.15) is 39.5 Å². The Morgan fingerprint density at radius 1 is 1.11 bits per heavy atom. The molecular formula is C41H44ClF3N8O3. The lowest BCUT2D eigenvalue weighted by Gasteiger charge is -2.41. The smallest absolute Gasteiger partial charge is 0.319 e. The van der Waals surface area contributed by atoms with E-state index in [9.17, 15) is 18.8 Å². The van der Waals surface area contributed by atoms with Crippen LogP contribution in [0.25, 0.3) is 32.9 Å². The van der Waals surface area contributed by atoms with Crippen LogP contribution in [-0.4, -0.2) is 124 Å². The van der Waals surface area contributed by atoms with E-state index in [4.69, 9.17) is 26.1 Å². The molecule has 8 rings (SSSR count). The lowest BCUT2D eigenvalue weighted by Crippen LogP contribution is -2.55. The van der Waals surface area contributed by atoms with E-state index in [2.05, 4.69) is 25.8 Å². The molecule has 0 bridgehead atoms. The van der Waals surface area contributed by atoms with Crippen LogP contribution in [0, 0.1) is 23.0 Å². The van der Waals surface area contributed by atoms with Crippen molar-refractivity contribution < 1.29 is 27.4 Å². The fourth-order valence-electron chi connectivity index (χ4n) is 9.12. The lowest BCUT2D eigenvalue weighted by atomic mass is 9.95. The Hall–Kier alpha value is -4.55. The summed E-state index contributed by atoms with van der Waals surface area (Å²) in [5.74, 6) is -1.27. The molecule has 2 aromatic carbocycles. The highest BCUT2D eigenvalue weighted by Crippen LogP contribution is 2.42. The number of aromatic nitrogens is 3. The van der Waals surface area contributed by atoms with Gasteiger partial charge in [-0.15, -0.1) is 0 Å². The lowest BCUT2D eigenvalue weighted by molar-refractivity contribution is -0.128. The summed E-state index contributed by atoms with van der Waals surface area (Å²) in [6, 6.07) is 9.60. The Morgan fingerprint density at radius 3 is 2.73 bits per heavy atom. The van der Waals surface area contributed by atoms with Crippen molar-refractivity contribution in [1.29, 1.82) is 5.26 Å². The number of fused-ring (bicyclic) bond motifs is 3. The second-order valence-electron chi connectivity index (χ2n) is 15.5. The maximum Gasteiger partial charge on any atom is 0.319 e. The van der Waals surface area contributed by atoms with Crippen LogP contribution < -0.4 is 9.64 Å². The molecule has 15 heteroatoms. The number of pyridine rings is 1. The summed E-state index contributed by atoms with van der Waals surface area (Å²) in [4.78, 5) is 35.4. The minimum absolute atomic E-state index is 0.0683. The van der Waals surface area contributed by atoms with Crippen LogP contribution in [-0.2, 0) is 9.53 Å². The van der Waals surface area contributed by atoms with Crippen LogP contribution in [0.2, 0.25) is 5.02 Å². The summed E-state index contributed by atoms with van der Waals surface area (Å²) in [5, 5.41) is 10.9. The number of morpholine rings is 1. The van der Waals surface area contributed by atoms with Crippen LogP contribution in [0.3, 0.4) is 0 Å². The Bertz CT molecular complexity index is 2210. The molecule has 4 saturated heterocycles. The third-order valence-electron chi connectivity index (χ3n) is 11.6. The van der Waals surface area contributed by atoms with Crippen molar-refractivity contribution >= 4 is 45.0 Å². The molecular weight excluding hydrogens is 745 g/mol. The van der Waals surface area contributed by atoms with Crippen LogP contribution in [0.15, 0.2) is 48.7 Å². The predicted molar refractivity (Wildman–Crippen MR) is 207 cm³/mol. The molecule has 2 aromatic heterocycles. The number of carbonyl (C=O) groups is 1. The molecule has 6 heterocycles. The number of anilines is 1. The number of amides is 1. The molecule has 5 atom stereocenters. The van der Waals surface area contributed by atoms with E-state index < -0.39 is 29.4 Å². The highest BCUT2D eigenvalue weighted by molar-refractivity contribution is 6.36. The van der Waals surface area contributed by atoms with E-state index in [0.29, 0.717) is 53.6 Å². The number of rotatable bonds is 9. The zero-order chi connectivity index (χ0) is 39.1. The fourth-order valence-corrected chi connectivity index (χ4v) is 9.39. The quantitative estimate of drug-likeness (QED) is 0.179. The van der Waals surface area contributed by atoms with Crippen molar-refractivity contribution in [3.05, 3.63) is 65.3 Å². The highest BCUT2D eigenvalue weighted by Gasteiger charge is 2.49. The first-order chi connectivity index (χ1) is 27.0. The van der Waals surface area contributed by atoms with E-state index in [1.807, 2.05) is 24.8 Å². The van der Waals surface area contributed by atoms with Crippen molar-refractivity contribution in [3.8, 4) is 23.3 Å². The van der Waals surface area contributed by atoms with Gasteiger partial charge in [0, 0.05) is 75.5 Å². The normalized spacial score (nSPS) is 26.0. The van der Waals surface area contributed by atoms with Gasteiger partial charge in [0.05, 0.1) is 46.7 Å². The van der Waals surface area contributed by atoms with E-state index in [1.54, 1.807) is 35.2 Å². The number of nitrogens with zero attached hydrogens (tertiary/aromatic N) is 8. The molecule has 4 aromatic rings. The second kappa shape index (κ2) is 15.8. The third kappa shape index (κ3) is 7.38. The number of alkyl halides is 1. The molecule has 56 heavy (non-hydrogen) atoms. The van der Waals surface area contributed by atoms with Gasteiger partial charge in [-0.3, -0.25) is 19.6 Å². The largest absolute Gasteiger partial charge is 0.461 e. The third-order valence-corrected chi connectivity index (χ3v) is 11.9. The predicted octanol–water partition coefficient (Wildman–Crippen LogP) is 6.33. The number of piperazine rings is 1. The monoisotopic (exact) mass is 788 g/mol. The first kappa shape index (κ1) is 38.3. The SMILES string of the molecule is C[C@H]1CN(C/C=C/C(=O)N2CCN(c3nc(OC[C@@]45CCCN4C[C@H](F)C5)nc4c(F)c(-c5cccc6ccc(F)c(Cl)c56)ncc34)C[C@@H]2CC#N)C[C@H](C)O1. The van der Waals surface area contributed by atoms with Crippen molar-refractivity contribution in [2.24, 2.45) is 0 Å². The van der Waals surface area contributed by atoms with Gasteiger partial charge in [-0.2, -0.15) is 15.2 Å². The molecule has 4 aliphatic rings. The Balaban J connectivity index is 1.12. The van der Waals surface area contributed by atoms with Crippen LogP contribution >= 0.6 is 11.6 Å². The summed E-state index contributed by atoms with van der Waals surface area (Å²) in [7, 11) is 0. The van der Waals surface area contributed by atoms with Gasteiger partial charge in [0.15, 0.2) is 5.82 Å². The molecule has 0 radical (unpaired) electrons. The van der Waals surface area contributed by atoms with Crippen LogP contribution in [0.5, 0.6) is 6.01 Å². The summed E-state index contributed by atoms with van der Waals surface area (Å²) in [6.07, 6.45) is 6.24. The van der Waals surface area contributed by atoms with Gasteiger partial charge in [-0.05, 0) is 44.7 Å². The van der Waals surface area contributed by atoms with Crippen molar-refractivity contribution in [3.63, 3.8) is 0 Å². The number of hydrogen-bond donors (Lipinski definition) is 0. The van der Waals surface area contributed by atoms with E-state index in [-0.39, 0.29) is 66.5 Å². The Labute approximate surface area is 328 Å². The van der Waals surface area contributed by atoms with E-state index >= 15 is 4.39 Å². The number of benzene rings is 2. The summed E-state index contributed by atoms with van der Waals surface area (Å²) >= 11 is 6.44. The van der Waals surface area contributed by atoms with Gasteiger partial charge in [0.1, 0.15) is 35.6 Å². The number of carbonyl (C=O) groups excluding carboxylic acids is 1. The van der Waals surface area contributed by atoms with Gasteiger partial charge in [0.25, 0.3) is 0 Å². The molecule has 0 aliphatic carbocycles. The number of nitriles is 1. The molecule has 11 nitrogen and oxygen atoms in total. The zero-order valence-electron chi connectivity index (χ0n) is 31.4. The average Bonchev–Trinajstić information content (AvgIpc) is 3.70. The van der Waals surface area contributed by atoms with Gasteiger partial charge < -0.3 is 19.3 Å². The number of halogens is 4. The fraction of sp³-hybridized carbons (Fsp3) is 0.488. The molecule has 1 amide bonds. The Kier molecular flexibility index (Phi) is 10.8. The maximum absolute atomic E-state index is 17.0. The molecule has 294 valence electrons. The van der Waals surface area contributed by atoms with Crippen LogP contribution in [0.4, 0.5) is 19.0 Å². The first-order valence-electron chi connectivity index (χ1n) is 19.3. The molecule has 0 unspecified atom stereocenters. The highest BCUT2D eigenvalue weighted by atomic mass is 35.5. The molecule has 4 aliphatic heterocycles. The standard InChI is InChI=1S/C41H44ClF3N8O3/c1-25-20-50(21-26(2)56-25)14-4-8-33(54)53-17-16-51(23-29(53)11-13-46)39-31-19-47-37(30-7-3-6-27-9-10-32(44)35(42)34(27)30)36(45)38(31)48-40(49-39)55-24-41-12-5-15-52(41)22-28(43)18-41/h3-4,6-10,19,25-26,28-29H,5,11-12,14-18,20-24H2,1-2H3/b8-4+/t25-,26-,28+,29-,41-/m0/s1. The Morgan fingerprint density at radius 2 is 1.93 bits per heavy atom. The second-order valence-corrected chi connectivity index (χ2v) is 15.9. The van der Waals surface area contributed by atoms with E-state index in [0.717, 1.165) is 32.5 Å². The molecule has 0 spiro atoms. The number of ether oxygens (including phenoxy) is 2.